The molecule has 0 saturated heterocycles. The van der Waals surface area contributed by atoms with Gasteiger partial charge in [-0.15, -0.1) is 11.3 Å². The Morgan fingerprint density at radius 2 is 2.11 bits per heavy atom. The van der Waals surface area contributed by atoms with Gasteiger partial charge in [0, 0.05) is 0 Å². The fourth-order valence-corrected chi connectivity index (χ4v) is 3.09. The Balaban J connectivity index is 2.13. The summed E-state index contributed by atoms with van der Waals surface area (Å²) in [6.07, 6.45) is 5.84. The van der Waals surface area contributed by atoms with E-state index in [-0.39, 0.29) is 5.91 Å². The molecule has 0 spiro atoms. The van der Waals surface area contributed by atoms with Gasteiger partial charge < -0.3 is 5.32 Å². The van der Waals surface area contributed by atoms with Gasteiger partial charge in [0.25, 0.3) is 5.91 Å². The largest absolute Gasteiger partial charge is 0.333 e. The summed E-state index contributed by atoms with van der Waals surface area (Å²) in [7, 11) is 0. The molecule has 1 heterocycles. The molecular weight excluding hydrogens is 246 g/mol. The van der Waals surface area contributed by atoms with Crippen LogP contribution in [-0.2, 0) is 0 Å². The van der Waals surface area contributed by atoms with Gasteiger partial charge in [0.05, 0.1) is 17.3 Å². The standard InChI is InChI=1S/C13H17N3OS/c1-10-11(18-9-15-10)12(17)16-13(8-14)6-4-2-3-5-7-13/h9H,2-7H2,1H3,(H,16,17). The van der Waals surface area contributed by atoms with Crippen molar-refractivity contribution in [2.24, 2.45) is 0 Å². The molecule has 96 valence electrons. The molecule has 0 atom stereocenters. The van der Waals surface area contributed by atoms with Crippen LogP contribution in [0.15, 0.2) is 5.51 Å². The highest BCUT2D eigenvalue weighted by Crippen LogP contribution is 2.27. The number of nitriles is 1. The summed E-state index contributed by atoms with van der Waals surface area (Å²) in [5, 5.41) is 12.3. The van der Waals surface area contributed by atoms with Crippen molar-refractivity contribution in [2.45, 2.75) is 51.0 Å². The number of nitrogens with one attached hydrogen (secondary N) is 1. The van der Waals surface area contributed by atoms with E-state index in [1.54, 1.807) is 5.51 Å². The molecule has 1 N–H and O–H groups in total. The van der Waals surface area contributed by atoms with Crippen LogP contribution in [0.2, 0.25) is 0 Å². The Hall–Kier alpha value is -1.41. The van der Waals surface area contributed by atoms with E-state index in [1.165, 1.54) is 11.3 Å². The van der Waals surface area contributed by atoms with E-state index in [2.05, 4.69) is 16.4 Å². The molecule has 0 aromatic carbocycles. The number of hydrogen-bond donors (Lipinski definition) is 1. The first-order valence-electron chi connectivity index (χ1n) is 6.31. The van der Waals surface area contributed by atoms with E-state index in [0.717, 1.165) is 44.2 Å². The van der Waals surface area contributed by atoms with Gasteiger partial charge in [-0.2, -0.15) is 5.26 Å². The molecule has 1 saturated carbocycles. The lowest BCUT2D eigenvalue weighted by atomic mass is 9.92. The molecule has 0 bridgehead atoms. The third-order valence-corrected chi connectivity index (χ3v) is 4.40. The SMILES string of the molecule is Cc1ncsc1C(=O)NC1(C#N)CCCCCC1. The summed E-state index contributed by atoms with van der Waals surface area (Å²) in [5.74, 6) is -0.154. The van der Waals surface area contributed by atoms with Gasteiger partial charge in [0.15, 0.2) is 0 Å². The van der Waals surface area contributed by atoms with E-state index in [9.17, 15) is 10.1 Å². The molecule has 1 amide bonds. The molecule has 0 radical (unpaired) electrons. The van der Waals surface area contributed by atoms with Gasteiger partial charge in [0.1, 0.15) is 10.4 Å². The van der Waals surface area contributed by atoms with Crippen molar-refractivity contribution in [3.63, 3.8) is 0 Å². The van der Waals surface area contributed by atoms with Gasteiger partial charge in [-0.1, -0.05) is 25.7 Å². The topological polar surface area (TPSA) is 65.8 Å². The van der Waals surface area contributed by atoms with Gasteiger partial charge in [-0.25, -0.2) is 4.98 Å². The summed E-state index contributed by atoms with van der Waals surface area (Å²) in [6, 6.07) is 2.32. The van der Waals surface area contributed by atoms with Crippen LogP contribution in [-0.4, -0.2) is 16.4 Å². The lowest BCUT2D eigenvalue weighted by molar-refractivity contribution is 0.0916. The zero-order chi connectivity index (χ0) is 13.0. The predicted molar refractivity (Wildman–Crippen MR) is 70.4 cm³/mol. The van der Waals surface area contributed by atoms with E-state index < -0.39 is 5.54 Å². The number of aromatic nitrogens is 1. The number of thiazole rings is 1. The normalized spacial score (nSPS) is 18.7. The van der Waals surface area contributed by atoms with Gasteiger partial charge >= 0.3 is 0 Å². The average Bonchev–Trinajstić information content (AvgIpc) is 2.66. The van der Waals surface area contributed by atoms with Crippen LogP contribution in [0.3, 0.4) is 0 Å². The third-order valence-electron chi connectivity index (χ3n) is 3.48. The summed E-state index contributed by atoms with van der Waals surface area (Å²) in [5.41, 5.74) is 1.72. The highest BCUT2D eigenvalue weighted by molar-refractivity contribution is 7.11. The molecule has 0 aliphatic heterocycles. The Kier molecular flexibility index (Phi) is 3.97. The molecule has 18 heavy (non-hydrogen) atoms. The molecule has 1 aliphatic rings. The quantitative estimate of drug-likeness (QED) is 0.834. The zero-order valence-corrected chi connectivity index (χ0v) is 11.3. The minimum Gasteiger partial charge on any atom is -0.333 e. The number of carbonyl (C=O) groups is 1. The third kappa shape index (κ3) is 2.70. The second kappa shape index (κ2) is 5.49. The fourth-order valence-electron chi connectivity index (χ4n) is 2.39. The van der Waals surface area contributed by atoms with Crippen LogP contribution in [0.4, 0.5) is 0 Å². The molecule has 2 rings (SSSR count). The molecule has 1 fully saturated rings. The molecule has 1 aliphatic carbocycles. The number of aryl methyl sites for hydroxylation is 1. The number of nitrogens with zero attached hydrogens (tertiary/aromatic N) is 2. The van der Waals surface area contributed by atoms with Crippen molar-refractivity contribution in [3.8, 4) is 6.07 Å². The van der Waals surface area contributed by atoms with E-state index in [1.807, 2.05) is 6.92 Å². The van der Waals surface area contributed by atoms with E-state index in [0.29, 0.717) is 4.88 Å². The Labute approximate surface area is 111 Å². The summed E-state index contributed by atoms with van der Waals surface area (Å²) in [4.78, 5) is 16.9. The minimum atomic E-state index is -0.677. The monoisotopic (exact) mass is 263 g/mol. The van der Waals surface area contributed by atoms with Crippen LogP contribution < -0.4 is 5.32 Å². The second-order valence-corrected chi connectivity index (χ2v) is 5.68. The zero-order valence-electron chi connectivity index (χ0n) is 10.5. The Morgan fingerprint density at radius 3 is 2.61 bits per heavy atom. The van der Waals surface area contributed by atoms with Crippen LogP contribution in [0.25, 0.3) is 0 Å². The first-order chi connectivity index (χ1) is 8.67. The lowest BCUT2D eigenvalue weighted by Crippen LogP contribution is -2.47. The highest BCUT2D eigenvalue weighted by atomic mass is 32.1. The molecule has 4 nitrogen and oxygen atoms in total. The van der Waals surface area contributed by atoms with Gasteiger partial charge in [-0.3, -0.25) is 4.79 Å². The summed E-state index contributed by atoms with van der Waals surface area (Å²) < 4.78 is 0. The Morgan fingerprint density at radius 1 is 1.44 bits per heavy atom. The van der Waals surface area contributed by atoms with Crippen LogP contribution in [0.1, 0.15) is 53.9 Å². The van der Waals surface area contributed by atoms with E-state index in [4.69, 9.17) is 0 Å². The molecule has 0 unspecified atom stereocenters. The molecule has 1 aromatic rings. The van der Waals surface area contributed by atoms with Crippen LogP contribution in [0.5, 0.6) is 0 Å². The fraction of sp³-hybridized carbons (Fsp3) is 0.615. The first kappa shape index (κ1) is 13.0. The summed E-state index contributed by atoms with van der Waals surface area (Å²) in [6.45, 7) is 1.82. The number of amides is 1. The van der Waals surface area contributed by atoms with Crippen molar-refractivity contribution < 1.29 is 4.79 Å². The maximum Gasteiger partial charge on any atom is 0.264 e. The lowest BCUT2D eigenvalue weighted by Gasteiger charge is -2.26. The summed E-state index contributed by atoms with van der Waals surface area (Å²) >= 11 is 1.33. The van der Waals surface area contributed by atoms with Crippen LogP contribution >= 0.6 is 11.3 Å². The van der Waals surface area contributed by atoms with E-state index >= 15 is 0 Å². The van der Waals surface area contributed by atoms with Crippen molar-refractivity contribution in [3.05, 3.63) is 16.1 Å². The molecule has 1 aromatic heterocycles. The van der Waals surface area contributed by atoms with Crippen molar-refractivity contribution in [1.82, 2.24) is 10.3 Å². The Bertz CT molecular complexity index is 467. The van der Waals surface area contributed by atoms with Crippen LogP contribution in [0, 0.1) is 18.3 Å². The molecular formula is C13H17N3OS. The smallest absolute Gasteiger partial charge is 0.264 e. The maximum atomic E-state index is 12.2. The average molecular weight is 263 g/mol. The minimum absolute atomic E-state index is 0.154. The van der Waals surface area contributed by atoms with Crippen molar-refractivity contribution >= 4 is 17.2 Å². The number of hydrogen-bond acceptors (Lipinski definition) is 4. The van der Waals surface area contributed by atoms with Gasteiger partial charge in [0.2, 0.25) is 0 Å². The number of carbonyl (C=O) groups excluding carboxylic acids is 1. The van der Waals surface area contributed by atoms with Gasteiger partial charge in [-0.05, 0) is 19.8 Å². The second-order valence-electron chi connectivity index (χ2n) is 4.83. The predicted octanol–water partition coefficient (Wildman–Crippen LogP) is 2.80. The highest BCUT2D eigenvalue weighted by Gasteiger charge is 2.33. The first-order valence-corrected chi connectivity index (χ1v) is 7.19. The van der Waals surface area contributed by atoms with Crippen molar-refractivity contribution in [1.29, 1.82) is 5.26 Å². The molecule has 5 heteroatoms. The number of rotatable bonds is 2. The van der Waals surface area contributed by atoms with Crippen molar-refractivity contribution in [2.75, 3.05) is 0 Å². The maximum absolute atomic E-state index is 12.2.